The molecule has 4 heteroatoms. The molecular weight excluding hydrogens is 278 g/mol. The van der Waals surface area contributed by atoms with E-state index in [1.54, 1.807) is 19.2 Å². The molecule has 3 rings (SSSR count). The topological polar surface area (TPSA) is 49.8 Å². The van der Waals surface area contributed by atoms with Gasteiger partial charge in [-0.15, -0.1) is 0 Å². The molecule has 1 saturated heterocycles. The van der Waals surface area contributed by atoms with E-state index in [1.165, 1.54) is 5.56 Å². The molecule has 0 unspecified atom stereocenters. The lowest BCUT2D eigenvalue weighted by Gasteiger charge is -2.16. The number of amides is 1. The molecule has 22 heavy (non-hydrogen) atoms. The van der Waals surface area contributed by atoms with Crippen LogP contribution in [0, 0.1) is 5.92 Å². The second-order valence-corrected chi connectivity index (χ2v) is 5.97. The predicted molar refractivity (Wildman–Crippen MR) is 85.9 cm³/mol. The summed E-state index contributed by atoms with van der Waals surface area (Å²) in [5, 5.41) is 11.7. The third-order valence-corrected chi connectivity index (χ3v) is 4.27. The summed E-state index contributed by atoms with van der Waals surface area (Å²) in [5.74, 6) is 0.891. The van der Waals surface area contributed by atoms with Crippen LogP contribution in [0.2, 0.25) is 0 Å². The summed E-state index contributed by atoms with van der Waals surface area (Å²) in [6, 6.07) is 11.7. The maximum absolute atomic E-state index is 12.0. The highest BCUT2D eigenvalue weighted by Gasteiger charge is 2.29. The van der Waals surface area contributed by atoms with Crippen LogP contribution >= 0.6 is 0 Å². The lowest BCUT2D eigenvalue weighted by molar-refractivity contribution is -0.128. The second kappa shape index (κ2) is 6.36. The highest BCUT2D eigenvalue weighted by atomic mass is 16.5. The van der Waals surface area contributed by atoms with Crippen molar-refractivity contribution in [3.63, 3.8) is 0 Å². The monoisotopic (exact) mass is 299 g/mol. The van der Waals surface area contributed by atoms with Crippen LogP contribution in [0.25, 0.3) is 10.8 Å². The van der Waals surface area contributed by atoms with Gasteiger partial charge in [0.05, 0.1) is 6.61 Å². The molecule has 0 aromatic heterocycles. The lowest BCUT2D eigenvalue weighted by atomic mass is 9.96. The van der Waals surface area contributed by atoms with Crippen molar-refractivity contribution in [3.05, 3.63) is 42.0 Å². The van der Waals surface area contributed by atoms with E-state index in [0.717, 1.165) is 23.7 Å². The van der Waals surface area contributed by atoms with E-state index in [-0.39, 0.29) is 11.7 Å². The molecular formula is C18H21NO3. The molecule has 1 amide bonds. The van der Waals surface area contributed by atoms with Crippen LogP contribution in [0.1, 0.15) is 12.0 Å². The number of methoxy groups -OCH3 is 1. The van der Waals surface area contributed by atoms with E-state index in [4.69, 9.17) is 4.74 Å². The van der Waals surface area contributed by atoms with Gasteiger partial charge < -0.3 is 14.7 Å². The first kappa shape index (κ1) is 14.9. The number of carbonyl (C=O) groups is 1. The van der Waals surface area contributed by atoms with Crippen LogP contribution in [0.15, 0.2) is 36.4 Å². The summed E-state index contributed by atoms with van der Waals surface area (Å²) < 4.78 is 5.05. The molecule has 0 saturated carbocycles. The van der Waals surface area contributed by atoms with E-state index >= 15 is 0 Å². The number of nitrogens with zero attached hydrogens (tertiary/aromatic N) is 1. The Kier molecular flexibility index (Phi) is 4.29. The van der Waals surface area contributed by atoms with Crippen molar-refractivity contribution in [3.8, 4) is 5.75 Å². The van der Waals surface area contributed by atoms with Gasteiger partial charge in [0.15, 0.2) is 0 Å². The molecule has 4 nitrogen and oxygen atoms in total. The first-order chi connectivity index (χ1) is 10.7. The van der Waals surface area contributed by atoms with Gasteiger partial charge in [-0.05, 0) is 40.8 Å². The minimum absolute atomic E-state index is 0.229. The molecule has 2 aromatic carbocycles. The van der Waals surface area contributed by atoms with Gasteiger partial charge in [-0.2, -0.15) is 0 Å². The van der Waals surface area contributed by atoms with Gasteiger partial charge in [-0.3, -0.25) is 4.79 Å². The zero-order chi connectivity index (χ0) is 15.5. The molecule has 0 aliphatic carbocycles. The van der Waals surface area contributed by atoms with Gasteiger partial charge in [0.25, 0.3) is 0 Å². The van der Waals surface area contributed by atoms with Crippen molar-refractivity contribution in [2.24, 2.45) is 5.92 Å². The Balaban J connectivity index is 1.68. The van der Waals surface area contributed by atoms with Crippen molar-refractivity contribution in [2.45, 2.75) is 12.8 Å². The molecule has 116 valence electrons. The molecule has 1 fully saturated rings. The number of carbonyl (C=O) groups excluding carboxylic acids is 1. The zero-order valence-corrected chi connectivity index (χ0v) is 12.8. The normalized spacial score (nSPS) is 18.3. The fourth-order valence-electron chi connectivity index (χ4n) is 3.15. The molecule has 1 heterocycles. The Morgan fingerprint density at radius 2 is 2.00 bits per heavy atom. The first-order valence-corrected chi connectivity index (χ1v) is 7.64. The minimum Gasteiger partial charge on any atom is -0.508 e. The van der Waals surface area contributed by atoms with E-state index in [2.05, 4.69) is 12.1 Å². The van der Waals surface area contributed by atoms with Crippen molar-refractivity contribution >= 4 is 16.7 Å². The highest BCUT2D eigenvalue weighted by Crippen LogP contribution is 2.25. The van der Waals surface area contributed by atoms with Gasteiger partial charge in [0.1, 0.15) is 5.75 Å². The van der Waals surface area contributed by atoms with Crippen LogP contribution in [0.3, 0.4) is 0 Å². The van der Waals surface area contributed by atoms with Crippen LogP contribution in [-0.4, -0.2) is 42.7 Å². The average Bonchev–Trinajstić information content (AvgIpc) is 2.85. The average molecular weight is 299 g/mol. The Bertz CT molecular complexity index is 683. The maximum atomic E-state index is 12.0. The number of benzene rings is 2. The summed E-state index contributed by atoms with van der Waals surface area (Å²) in [7, 11) is 1.66. The number of rotatable bonds is 5. The van der Waals surface area contributed by atoms with Gasteiger partial charge in [-0.1, -0.05) is 24.3 Å². The van der Waals surface area contributed by atoms with Crippen LogP contribution in [0.5, 0.6) is 5.75 Å². The Morgan fingerprint density at radius 1 is 1.23 bits per heavy atom. The SMILES string of the molecule is COCCN1C[C@H](Cc2ccc3cc(O)ccc3c2)CC1=O. The quantitative estimate of drug-likeness (QED) is 0.923. The van der Waals surface area contributed by atoms with E-state index < -0.39 is 0 Å². The van der Waals surface area contributed by atoms with Crippen molar-refractivity contribution < 1.29 is 14.6 Å². The summed E-state index contributed by atoms with van der Waals surface area (Å²) in [6.45, 7) is 2.09. The van der Waals surface area contributed by atoms with Gasteiger partial charge in [0.2, 0.25) is 5.91 Å². The maximum Gasteiger partial charge on any atom is 0.223 e. The molecule has 0 spiro atoms. The minimum atomic E-state index is 0.229. The Morgan fingerprint density at radius 3 is 2.82 bits per heavy atom. The van der Waals surface area contributed by atoms with Gasteiger partial charge in [0, 0.05) is 26.6 Å². The molecule has 0 radical (unpaired) electrons. The summed E-state index contributed by atoms with van der Waals surface area (Å²) in [4.78, 5) is 13.9. The van der Waals surface area contributed by atoms with Crippen LogP contribution in [-0.2, 0) is 16.0 Å². The summed E-state index contributed by atoms with van der Waals surface area (Å²) >= 11 is 0. The Hall–Kier alpha value is -2.07. The molecule has 0 bridgehead atoms. The zero-order valence-electron chi connectivity index (χ0n) is 12.8. The van der Waals surface area contributed by atoms with E-state index in [0.29, 0.717) is 25.5 Å². The van der Waals surface area contributed by atoms with Crippen molar-refractivity contribution in [1.29, 1.82) is 0 Å². The van der Waals surface area contributed by atoms with Crippen molar-refractivity contribution in [1.82, 2.24) is 4.90 Å². The van der Waals surface area contributed by atoms with Gasteiger partial charge >= 0.3 is 0 Å². The van der Waals surface area contributed by atoms with Crippen LogP contribution in [0.4, 0.5) is 0 Å². The number of phenols is 1. The van der Waals surface area contributed by atoms with Crippen molar-refractivity contribution in [2.75, 3.05) is 26.8 Å². The fraction of sp³-hybridized carbons (Fsp3) is 0.389. The number of hydrogen-bond donors (Lipinski definition) is 1. The van der Waals surface area contributed by atoms with E-state index in [1.807, 2.05) is 17.0 Å². The molecule has 1 N–H and O–H groups in total. The number of ether oxygens (including phenoxy) is 1. The Labute approximate surface area is 130 Å². The predicted octanol–water partition coefficient (Wildman–Crippen LogP) is 2.58. The molecule has 1 aliphatic rings. The van der Waals surface area contributed by atoms with Gasteiger partial charge in [-0.25, -0.2) is 0 Å². The molecule has 2 aromatic rings. The lowest BCUT2D eigenvalue weighted by Crippen LogP contribution is -2.28. The largest absolute Gasteiger partial charge is 0.508 e. The summed E-state index contributed by atoms with van der Waals surface area (Å²) in [6.07, 6.45) is 1.53. The number of hydrogen-bond acceptors (Lipinski definition) is 3. The third-order valence-electron chi connectivity index (χ3n) is 4.27. The smallest absolute Gasteiger partial charge is 0.223 e. The first-order valence-electron chi connectivity index (χ1n) is 7.64. The number of aromatic hydroxyl groups is 1. The standard InChI is InChI=1S/C18H21NO3/c1-22-7-6-19-12-14(10-18(19)21)8-13-2-3-16-11-17(20)5-4-15(16)9-13/h2-5,9,11,14,20H,6-8,10,12H2,1H3/t14-/m1/s1. The highest BCUT2D eigenvalue weighted by molar-refractivity contribution is 5.84. The number of fused-ring (bicyclic) bond motifs is 1. The third kappa shape index (κ3) is 3.22. The second-order valence-electron chi connectivity index (χ2n) is 5.97. The number of likely N-dealkylation sites (tertiary alicyclic amines) is 1. The van der Waals surface area contributed by atoms with Crippen LogP contribution < -0.4 is 0 Å². The molecule has 1 atom stereocenters. The molecule has 1 aliphatic heterocycles. The fourth-order valence-corrected chi connectivity index (χ4v) is 3.15. The number of phenolic OH excluding ortho intramolecular Hbond substituents is 1. The van der Waals surface area contributed by atoms with E-state index in [9.17, 15) is 9.90 Å². The summed E-state index contributed by atoms with van der Waals surface area (Å²) in [5.41, 5.74) is 1.24.